The summed E-state index contributed by atoms with van der Waals surface area (Å²) >= 11 is 0. The monoisotopic (exact) mass is 237 g/mol. The summed E-state index contributed by atoms with van der Waals surface area (Å²) in [5.41, 5.74) is 1.13. The molecular weight excluding hydrogens is 218 g/mol. The Balaban J connectivity index is 2.29. The molecule has 0 fully saturated rings. The van der Waals surface area contributed by atoms with E-state index in [1.54, 1.807) is 0 Å². The summed E-state index contributed by atoms with van der Waals surface area (Å²) in [6, 6.07) is 0.375. The molecule has 2 N–H and O–H groups in total. The number of imidazole rings is 1. The quantitative estimate of drug-likeness (QED) is 0.831. The van der Waals surface area contributed by atoms with Crippen molar-refractivity contribution < 1.29 is 9.90 Å². The molecule has 0 spiro atoms. The number of nitrogens with zero attached hydrogens (tertiary/aromatic N) is 2. The number of rotatable bonds is 4. The van der Waals surface area contributed by atoms with Gasteiger partial charge in [0.15, 0.2) is 5.69 Å². The molecule has 0 atom stereocenters. The molecule has 0 saturated carbocycles. The Morgan fingerprint density at radius 3 is 2.94 bits per heavy atom. The van der Waals surface area contributed by atoms with E-state index in [1.165, 1.54) is 0 Å². The zero-order chi connectivity index (χ0) is 12.4. The second kappa shape index (κ2) is 4.87. The molecule has 1 aliphatic rings. The predicted octanol–water partition coefficient (Wildman–Crippen LogP) is 1.42. The molecule has 1 aromatic heterocycles. The molecule has 0 unspecified atom stereocenters. The molecule has 1 aliphatic heterocycles. The van der Waals surface area contributed by atoms with E-state index in [9.17, 15) is 4.79 Å². The number of carboxylic acids is 1. The lowest BCUT2D eigenvalue weighted by atomic mass is 10.1. The van der Waals surface area contributed by atoms with E-state index in [4.69, 9.17) is 5.11 Å². The van der Waals surface area contributed by atoms with E-state index >= 15 is 0 Å². The van der Waals surface area contributed by atoms with Crippen molar-refractivity contribution in [1.82, 2.24) is 14.9 Å². The minimum atomic E-state index is -0.911. The number of fused-ring (bicyclic) bond motifs is 1. The van der Waals surface area contributed by atoms with Crippen LogP contribution < -0.4 is 5.32 Å². The van der Waals surface area contributed by atoms with Crippen molar-refractivity contribution >= 4 is 5.97 Å². The van der Waals surface area contributed by atoms with Crippen molar-refractivity contribution in [3.8, 4) is 0 Å². The van der Waals surface area contributed by atoms with Gasteiger partial charge in [-0.05, 0) is 19.3 Å². The van der Waals surface area contributed by atoms with Crippen molar-refractivity contribution in [2.75, 3.05) is 0 Å². The maximum atomic E-state index is 11.1. The van der Waals surface area contributed by atoms with Crippen molar-refractivity contribution in [2.24, 2.45) is 0 Å². The molecule has 0 amide bonds. The Morgan fingerprint density at radius 2 is 2.29 bits per heavy atom. The molecule has 94 valence electrons. The summed E-state index contributed by atoms with van der Waals surface area (Å²) in [5.74, 6) is -0.0581. The van der Waals surface area contributed by atoms with Crippen LogP contribution in [0.5, 0.6) is 0 Å². The summed E-state index contributed by atoms with van der Waals surface area (Å²) in [6.45, 7) is 5.67. The molecule has 0 aliphatic carbocycles. The van der Waals surface area contributed by atoms with Crippen molar-refractivity contribution in [1.29, 1.82) is 0 Å². The van der Waals surface area contributed by atoms with Gasteiger partial charge in [-0.25, -0.2) is 9.78 Å². The highest BCUT2D eigenvalue weighted by molar-refractivity contribution is 5.86. The molecule has 0 saturated heterocycles. The maximum absolute atomic E-state index is 11.1. The molecule has 17 heavy (non-hydrogen) atoms. The largest absolute Gasteiger partial charge is 0.476 e. The van der Waals surface area contributed by atoms with E-state index in [1.807, 2.05) is 0 Å². The van der Waals surface area contributed by atoms with Crippen LogP contribution in [0.25, 0.3) is 0 Å². The molecule has 0 radical (unpaired) electrons. The van der Waals surface area contributed by atoms with Crippen molar-refractivity contribution in [3.05, 3.63) is 17.2 Å². The van der Waals surface area contributed by atoms with Crippen molar-refractivity contribution in [3.63, 3.8) is 0 Å². The van der Waals surface area contributed by atoms with Gasteiger partial charge in [-0.2, -0.15) is 0 Å². The zero-order valence-electron chi connectivity index (χ0n) is 10.4. The van der Waals surface area contributed by atoms with Crippen LogP contribution in [-0.2, 0) is 19.5 Å². The number of carboxylic acid groups (broad SMARTS) is 1. The first-order valence-corrected chi connectivity index (χ1v) is 6.14. The number of hydrogen-bond acceptors (Lipinski definition) is 3. The van der Waals surface area contributed by atoms with Gasteiger partial charge >= 0.3 is 5.97 Å². The van der Waals surface area contributed by atoms with E-state index in [-0.39, 0.29) is 5.69 Å². The summed E-state index contributed by atoms with van der Waals surface area (Å²) < 4.78 is 2.07. The Hall–Kier alpha value is -1.36. The Kier molecular flexibility index (Phi) is 3.47. The molecule has 0 bridgehead atoms. The SMILES string of the molecule is CC(C)NCc1nc(C(=O)O)c2n1CCCC2. The van der Waals surface area contributed by atoms with Gasteiger partial charge in [0.1, 0.15) is 5.82 Å². The Morgan fingerprint density at radius 1 is 1.53 bits per heavy atom. The smallest absolute Gasteiger partial charge is 0.356 e. The first kappa shape index (κ1) is 12.1. The van der Waals surface area contributed by atoms with Gasteiger partial charge in [0, 0.05) is 12.6 Å². The summed E-state index contributed by atoms with van der Waals surface area (Å²) in [6.07, 6.45) is 3.00. The fourth-order valence-corrected chi connectivity index (χ4v) is 2.22. The number of aromatic carboxylic acids is 1. The third kappa shape index (κ3) is 2.49. The topological polar surface area (TPSA) is 67.2 Å². The van der Waals surface area contributed by atoms with Crippen LogP contribution in [0.3, 0.4) is 0 Å². The first-order chi connectivity index (χ1) is 8.09. The number of hydrogen-bond donors (Lipinski definition) is 2. The highest BCUT2D eigenvalue weighted by Gasteiger charge is 2.23. The van der Waals surface area contributed by atoms with Crippen molar-refractivity contribution in [2.45, 2.75) is 52.2 Å². The Labute approximate surface area is 101 Å². The summed E-state index contributed by atoms with van der Waals surface area (Å²) in [5, 5.41) is 12.4. The molecule has 5 heteroatoms. The lowest BCUT2D eigenvalue weighted by molar-refractivity contribution is 0.0689. The molecule has 1 aromatic rings. The Bertz CT molecular complexity index is 424. The molecular formula is C12H19N3O2. The van der Waals surface area contributed by atoms with Crippen LogP contribution in [0.2, 0.25) is 0 Å². The molecule has 2 heterocycles. The average Bonchev–Trinajstić information content (AvgIpc) is 2.65. The molecule has 5 nitrogen and oxygen atoms in total. The number of aromatic nitrogens is 2. The van der Waals surface area contributed by atoms with Gasteiger partial charge in [-0.1, -0.05) is 13.8 Å². The van der Waals surface area contributed by atoms with E-state index in [2.05, 4.69) is 28.7 Å². The second-order valence-corrected chi connectivity index (χ2v) is 4.77. The van der Waals surface area contributed by atoms with Crippen LogP contribution in [0.4, 0.5) is 0 Å². The lowest BCUT2D eigenvalue weighted by Gasteiger charge is -2.17. The van der Waals surface area contributed by atoms with Gasteiger partial charge in [-0.3, -0.25) is 0 Å². The van der Waals surface area contributed by atoms with Gasteiger partial charge in [0.25, 0.3) is 0 Å². The maximum Gasteiger partial charge on any atom is 0.356 e. The standard InChI is InChI=1S/C12H19N3O2/c1-8(2)13-7-10-14-11(12(16)17)9-5-3-4-6-15(9)10/h8,13H,3-7H2,1-2H3,(H,16,17). The molecule has 0 aromatic carbocycles. The fourth-order valence-electron chi connectivity index (χ4n) is 2.22. The van der Waals surface area contributed by atoms with E-state index in [0.717, 1.165) is 37.3 Å². The number of carbonyl (C=O) groups is 1. The van der Waals surface area contributed by atoms with Gasteiger partial charge in [0.05, 0.1) is 12.2 Å². The van der Waals surface area contributed by atoms with Gasteiger partial charge < -0.3 is 15.0 Å². The second-order valence-electron chi connectivity index (χ2n) is 4.77. The predicted molar refractivity (Wildman–Crippen MR) is 64.1 cm³/mol. The van der Waals surface area contributed by atoms with Crippen LogP contribution >= 0.6 is 0 Å². The highest BCUT2D eigenvalue weighted by atomic mass is 16.4. The van der Waals surface area contributed by atoms with E-state index < -0.39 is 5.97 Å². The lowest BCUT2D eigenvalue weighted by Crippen LogP contribution is -2.25. The number of nitrogens with one attached hydrogen (secondary N) is 1. The van der Waals surface area contributed by atoms with Crippen LogP contribution in [0.15, 0.2) is 0 Å². The fraction of sp³-hybridized carbons (Fsp3) is 0.667. The zero-order valence-corrected chi connectivity index (χ0v) is 10.4. The minimum absolute atomic E-state index is 0.241. The van der Waals surface area contributed by atoms with Crippen LogP contribution in [-0.4, -0.2) is 26.7 Å². The highest BCUT2D eigenvalue weighted by Crippen LogP contribution is 2.21. The average molecular weight is 237 g/mol. The minimum Gasteiger partial charge on any atom is -0.476 e. The van der Waals surface area contributed by atoms with E-state index in [0.29, 0.717) is 12.6 Å². The van der Waals surface area contributed by atoms with Crippen LogP contribution in [0.1, 0.15) is 48.7 Å². The third-order valence-electron chi connectivity index (χ3n) is 3.07. The van der Waals surface area contributed by atoms with Gasteiger partial charge in [0.2, 0.25) is 0 Å². The van der Waals surface area contributed by atoms with Crippen LogP contribution in [0, 0.1) is 0 Å². The third-order valence-corrected chi connectivity index (χ3v) is 3.07. The summed E-state index contributed by atoms with van der Waals surface area (Å²) in [4.78, 5) is 15.4. The normalized spacial score (nSPS) is 15.0. The first-order valence-electron chi connectivity index (χ1n) is 6.14. The van der Waals surface area contributed by atoms with Gasteiger partial charge in [-0.15, -0.1) is 0 Å². The summed E-state index contributed by atoms with van der Waals surface area (Å²) in [7, 11) is 0. The molecule has 2 rings (SSSR count).